The van der Waals surface area contributed by atoms with Gasteiger partial charge in [-0.25, -0.2) is 13.1 Å². The Kier molecular flexibility index (Phi) is 9.87. The molecule has 0 spiro atoms. The fourth-order valence-electron chi connectivity index (χ4n) is 3.28. The van der Waals surface area contributed by atoms with Gasteiger partial charge in [0.05, 0.1) is 23.5 Å². The SMILES string of the molecule is COCCNC(=O)c1ccc(C(=O)NS(=O)(=O)c2ccc(CCNC(=O)Cc3ccccc3)cc2)cn1. The van der Waals surface area contributed by atoms with Gasteiger partial charge in [0.1, 0.15) is 5.69 Å². The Bertz CT molecular complexity index is 1310. The van der Waals surface area contributed by atoms with Crippen molar-refractivity contribution in [1.29, 1.82) is 0 Å². The average Bonchev–Trinajstić information content (AvgIpc) is 2.89. The number of sulfonamides is 1. The number of benzene rings is 2. The lowest BCUT2D eigenvalue weighted by Crippen LogP contribution is -2.31. The van der Waals surface area contributed by atoms with Crippen LogP contribution in [0.2, 0.25) is 0 Å². The molecule has 3 rings (SSSR count). The summed E-state index contributed by atoms with van der Waals surface area (Å²) in [6.07, 6.45) is 1.94. The molecule has 0 saturated heterocycles. The maximum atomic E-state index is 12.6. The summed E-state index contributed by atoms with van der Waals surface area (Å²) in [5.41, 5.74) is 1.82. The molecule has 0 aliphatic carbocycles. The Balaban J connectivity index is 1.50. The van der Waals surface area contributed by atoms with Gasteiger partial charge in [0.2, 0.25) is 5.91 Å². The van der Waals surface area contributed by atoms with E-state index < -0.39 is 21.8 Å². The van der Waals surface area contributed by atoms with Crippen LogP contribution in [0.25, 0.3) is 0 Å². The van der Waals surface area contributed by atoms with Crippen LogP contribution in [0, 0.1) is 0 Å². The van der Waals surface area contributed by atoms with Crippen molar-refractivity contribution in [2.75, 3.05) is 26.8 Å². The van der Waals surface area contributed by atoms with E-state index in [1.54, 1.807) is 12.1 Å². The van der Waals surface area contributed by atoms with Crippen LogP contribution in [0.15, 0.2) is 77.8 Å². The predicted molar refractivity (Wildman–Crippen MR) is 136 cm³/mol. The van der Waals surface area contributed by atoms with Gasteiger partial charge < -0.3 is 15.4 Å². The third-order valence-electron chi connectivity index (χ3n) is 5.25. The van der Waals surface area contributed by atoms with Crippen molar-refractivity contribution in [3.63, 3.8) is 0 Å². The van der Waals surface area contributed by atoms with E-state index in [0.717, 1.165) is 17.3 Å². The number of hydrogen-bond donors (Lipinski definition) is 3. The summed E-state index contributed by atoms with van der Waals surface area (Å²) < 4.78 is 32.1. The Morgan fingerprint density at radius 2 is 1.57 bits per heavy atom. The van der Waals surface area contributed by atoms with Gasteiger partial charge in [-0.15, -0.1) is 0 Å². The predicted octanol–water partition coefficient (Wildman–Crippen LogP) is 1.48. The highest BCUT2D eigenvalue weighted by Crippen LogP contribution is 2.12. The van der Waals surface area contributed by atoms with Crippen molar-refractivity contribution >= 4 is 27.7 Å². The van der Waals surface area contributed by atoms with Crippen molar-refractivity contribution in [2.45, 2.75) is 17.7 Å². The number of nitrogens with one attached hydrogen (secondary N) is 3. The monoisotopic (exact) mass is 524 g/mol. The second kappa shape index (κ2) is 13.3. The first-order chi connectivity index (χ1) is 17.8. The van der Waals surface area contributed by atoms with Crippen LogP contribution in [0.1, 0.15) is 32.0 Å². The van der Waals surface area contributed by atoms with Crippen LogP contribution >= 0.6 is 0 Å². The highest BCUT2D eigenvalue weighted by Gasteiger charge is 2.19. The molecule has 194 valence electrons. The molecule has 0 aliphatic rings. The van der Waals surface area contributed by atoms with Gasteiger partial charge >= 0.3 is 0 Å². The van der Waals surface area contributed by atoms with Gasteiger partial charge in [0.25, 0.3) is 21.8 Å². The number of carbonyl (C=O) groups excluding carboxylic acids is 3. The van der Waals surface area contributed by atoms with Crippen molar-refractivity contribution in [2.24, 2.45) is 0 Å². The van der Waals surface area contributed by atoms with Crippen LogP contribution in [0.4, 0.5) is 0 Å². The van der Waals surface area contributed by atoms with Crippen molar-refractivity contribution in [3.05, 3.63) is 95.3 Å². The van der Waals surface area contributed by atoms with Gasteiger partial charge in [-0.05, 0) is 41.8 Å². The summed E-state index contributed by atoms with van der Waals surface area (Å²) in [6.45, 7) is 1.05. The van der Waals surface area contributed by atoms with E-state index in [1.807, 2.05) is 35.1 Å². The van der Waals surface area contributed by atoms with E-state index >= 15 is 0 Å². The fourth-order valence-corrected chi connectivity index (χ4v) is 4.26. The highest BCUT2D eigenvalue weighted by molar-refractivity contribution is 7.90. The third kappa shape index (κ3) is 8.51. The topological polar surface area (TPSA) is 144 Å². The van der Waals surface area contributed by atoms with E-state index in [4.69, 9.17) is 4.74 Å². The molecule has 1 heterocycles. The van der Waals surface area contributed by atoms with E-state index in [-0.39, 0.29) is 28.5 Å². The fraction of sp³-hybridized carbons (Fsp3) is 0.231. The largest absolute Gasteiger partial charge is 0.383 e. The zero-order chi connectivity index (χ0) is 26.7. The second-order valence-corrected chi connectivity index (χ2v) is 9.70. The number of hydrogen-bond acceptors (Lipinski definition) is 7. The molecule has 0 unspecified atom stereocenters. The molecular weight excluding hydrogens is 496 g/mol. The normalized spacial score (nSPS) is 10.9. The van der Waals surface area contributed by atoms with Crippen molar-refractivity contribution < 1.29 is 27.5 Å². The molecule has 2 aromatic carbocycles. The maximum Gasteiger partial charge on any atom is 0.269 e. The number of pyridine rings is 1. The number of methoxy groups -OCH3 is 1. The molecule has 0 radical (unpaired) electrons. The van der Waals surface area contributed by atoms with E-state index in [1.165, 1.54) is 31.4 Å². The summed E-state index contributed by atoms with van der Waals surface area (Å²) in [5.74, 6) is -1.40. The average molecular weight is 525 g/mol. The van der Waals surface area contributed by atoms with Crippen LogP contribution < -0.4 is 15.4 Å². The quantitative estimate of drug-likeness (QED) is 0.305. The number of aromatic nitrogens is 1. The molecule has 37 heavy (non-hydrogen) atoms. The summed E-state index contributed by atoms with van der Waals surface area (Å²) in [5, 5.41) is 5.44. The summed E-state index contributed by atoms with van der Waals surface area (Å²) in [7, 11) is -2.61. The van der Waals surface area contributed by atoms with Gasteiger partial charge in [0, 0.05) is 26.4 Å². The zero-order valence-electron chi connectivity index (χ0n) is 20.3. The Morgan fingerprint density at radius 1 is 0.838 bits per heavy atom. The van der Waals surface area contributed by atoms with Crippen molar-refractivity contribution in [1.82, 2.24) is 20.3 Å². The Morgan fingerprint density at radius 3 is 2.22 bits per heavy atom. The summed E-state index contributed by atoms with van der Waals surface area (Å²) in [4.78, 5) is 40.3. The van der Waals surface area contributed by atoms with Crippen LogP contribution in [0.3, 0.4) is 0 Å². The summed E-state index contributed by atoms with van der Waals surface area (Å²) >= 11 is 0. The lowest BCUT2D eigenvalue weighted by molar-refractivity contribution is -0.120. The Labute approximate surface area is 215 Å². The first-order valence-corrected chi connectivity index (χ1v) is 13.0. The van der Waals surface area contributed by atoms with Gasteiger partial charge in [0.15, 0.2) is 0 Å². The molecule has 3 aromatic rings. The molecule has 10 nitrogen and oxygen atoms in total. The minimum atomic E-state index is -4.12. The van der Waals surface area contributed by atoms with Gasteiger partial charge in [-0.1, -0.05) is 42.5 Å². The minimum Gasteiger partial charge on any atom is -0.383 e. The third-order valence-corrected chi connectivity index (χ3v) is 6.60. The van der Waals surface area contributed by atoms with E-state index in [9.17, 15) is 22.8 Å². The first kappa shape index (κ1) is 27.5. The standard InChI is InChI=1S/C26H28N4O6S/c1-36-16-15-28-26(33)23-12-9-21(18-29-23)25(32)30-37(34,35)22-10-7-19(8-11-22)13-14-27-24(31)17-20-5-3-2-4-6-20/h2-12,18H,13-17H2,1H3,(H,27,31)(H,28,33)(H,30,32). The number of amides is 3. The molecule has 0 aliphatic heterocycles. The second-order valence-electron chi connectivity index (χ2n) is 8.02. The molecule has 0 bridgehead atoms. The van der Waals surface area contributed by atoms with E-state index in [2.05, 4.69) is 15.6 Å². The molecule has 11 heteroatoms. The van der Waals surface area contributed by atoms with Gasteiger partial charge in [-0.2, -0.15) is 0 Å². The summed E-state index contributed by atoms with van der Waals surface area (Å²) in [6, 6.07) is 18.1. The van der Waals surface area contributed by atoms with E-state index in [0.29, 0.717) is 26.1 Å². The lowest BCUT2D eigenvalue weighted by atomic mass is 10.1. The number of carbonyl (C=O) groups is 3. The molecule has 0 saturated carbocycles. The zero-order valence-corrected chi connectivity index (χ0v) is 21.1. The first-order valence-electron chi connectivity index (χ1n) is 11.5. The maximum absolute atomic E-state index is 12.6. The molecule has 0 fully saturated rings. The number of rotatable bonds is 12. The molecule has 0 atom stereocenters. The van der Waals surface area contributed by atoms with Crippen LogP contribution in [-0.4, -0.2) is 57.9 Å². The number of nitrogens with zero attached hydrogens (tertiary/aromatic N) is 1. The molecule has 3 amide bonds. The lowest BCUT2D eigenvalue weighted by Gasteiger charge is -2.09. The molecule has 3 N–H and O–H groups in total. The van der Waals surface area contributed by atoms with Crippen LogP contribution in [-0.2, 0) is 32.4 Å². The van der Waals surface area contributed by atoms with Crippen molar-refractivity contribution in [3.8, 4) is 0 Å². The van der Waals surface area contributed by atoms with Gasteiger partial charge in [-0.3, -0.25) is 19.4 Å². The molecular formula is C26H28N4O6S. The van der Waals surface area contributed by atoms with Crippen LogP contribution in [0.5, 0.6) is 0 Å². The smallest absolute Gasteiger partial charge is 0.269 e. The molecule has 1 aromatic heterocycles. The Hall–Kier alpha value is -4.09. The minimum absolute atomic E-state index is 0.0140. The number of ether oxygens (including phenoxy) is 1. The highest BCUT2D eigenvalue weighted by atomic mass is 32.2.